The second-order valence-electron chi connectivity index (χ2n) is 7.79. The number of benzene rings is 1. The first kappa shape index (κ1) is 17.8. The summed E-state index contributed by atoms with van der Waals surface area (Å²) in [4.78, 5) is 22.6. The predicted molar refractivity (Wildman–Crippen MR) is 117 cm³/mol. The molecule has 1 N–H and O–H groups in total. The molecular formula is C22H20N8O. The summed E-state index contributed by atoms with van der Waals surface area (Å²) in [5, 5.41) is 13.6. The van der Waals surface area contributed by atoms with Gasteiger partial charge in [-0.25, -0.2) is 4.68 Å². The SMILES string of the molecule is O=c1[nH]c(N2CCCC(c3nnc4ccccn34)C2)nc2c1cnn2-c1ccccc1. The Bertz CT molecular complexity index is 1430. The molecule has 9 nitrogen and oxygen atoms in total. The van der Waals surface area contributed by atoms with Gasteiger partial charge in [-0.1, -0.05) is 24.3 Å². The normalized spacial score (nSPS) is 16.9. The Hall–Kier alpha value is -4.01. The maximum absolute atomic E-state index is 12.8. The largest absolute Gasteiger partial charge is 0.342 e. The van der Waals surface area contributed by atoms with Gasteiger partial charge in [0.05, 0.1) is 11.9 Å². The number of fused-ring (bicyclic) bond motifs is 2. The third-order valence-electron chi connectivity index (χ3n) is 5.85. The van der Waals surface area contributed by atoms with E-state index in [4.69, 9.17) is 4.98 Å². The van der Waals surface area contributed by atoms with Crippen LogP contribution < -0.4 is 10.5 Å². The van der Waals surface area contributed by atoms with Crippen molar-refractivity contribution in [2.75, 3.05) is 18.0 Å². The number of hydrogen-bond donors (Lipinski definition) is 1. The minimum Gasteiger partial charge on any atom is -0.342 e. The van der Waals surface area contributed by atoms with E-state index < -0.39 is 0 Å². The van der Waals surface area contributed by atoms with Crippen molar-refractivity contribution in [2.45, 2.75) is 18.8 Å². The molecule has 1 aliphatic heterocycles. The van der Waals surface area contributed by atoms with Crippen molar-refractivity contribution in [3.05, 3.63) is 77.1 Å². The van der Waals surface area contributed by atoms with Gasteiger partial charge in [-0.15, -0.1) is 10.2 Å². The van der Waals surface area contributed by atoms with E-state index in [-0.39, 0.29) is 11.5 Å². The maximum Gasteiger partial charge on any atom is 0.263 e. The van der Waals surface area contributed by atoms with Crippen LogP contribution in [0.3, 0.4) is 0 Å². The molecule has 0 spiro atoms. The number of aromatic amines is 1. The number of piperidine rings is 1. The van der Waals surface area contributed by atoms with Gasteiger partial charge in [-0.3, -0.25) is 14.2 Å². The number of aromatic nitrogens is 7. The number of H-pyrrole nitrogens is 1. The zero-order valence-corrected chi connectivity index (χ0v) is 16.7. The fraction of sp³-hybridized carbons (Fsp3) is 0.227. The average molecular weight is 412 g/mol. The van der Waals surface area contributed by atoms with Crippen LogP contribution in [0.5, 0.6) is 0 Å². The van der Waals surface area contributed by atoms with Gasteiger partial charge in [0.25, 0.3) is 5.56 Å². The molecule has 5 aromatic rings. The van der Waals surface area contributed by atoms with Crippen LogP contribution in [0, 0.1) is 0 Å². The Morgan fingerprint density at radius 1 is 1.03 bits per heavy atom. The second kappa shape index (κ2) is 7.05. The molecule has 1 atom stereocenters. The Labute approximate surface area is 177 Å². The number of nitrogens with zero attached hydrogens (tertiary/aromatic N) is 7. The first-order chi connectivity index (χ1) is 15.3. The lowest BCUT2D eigenvalue weighted by Gasteiger charge is -2.32. The van der Waals surface area contributed by atoms with Crippen molar-refractivity contribution < 1.29 is 0 Å². The van der Waals surface area contributed by atoms with E-state index in [2.05, 4.69) is 25.2 Å². The highest BCUT2D eigenvalue weighted by Gasteiger charge is 2.27. The minimum absolute atomic E-state index is 0.183. The first-order valence-corrected chi connectivity index (χ1v) is 10.4. The standard InChI is InChI=1S/C22H20N8O/c31-21-17-13-23-30(16-8-2-1-3-9-16)20(17)24-22(25-21)28-11-6-7-15(14-28)19-27-26-18-10-4-5-12-29(18)19/h1-5,8-10,12-13,15H,6-7,11,14H2,(H,24,25,31). The third kappa shape index (κ3) is 2.97. The van der Waals surface area contributed by atoms with Gasteiger partial charge in [-0.05, 0) is 37.1 Å². The number of hydrogen-bond acceptors (Lipinski definition) is 6. The quantitative estimate of drug-likeness (QED) is 0.489. The smallest absolute Gasteiger partial charge is 0.263 e. The number of para-hydroxylation sites is 1. The van der Waals surface area contributed by atoms with Crippen LogP contribution in [0.25, 0.3) is 22.4 Å². The van der Waals surface area contributed by atoms with E-state index in [0.29, 0.717) is 23.5 Å². The summed E-state index contributed by atoms with van der Waals surface area (Å²) in [6.07, 6.45) is 5.56. The van der Waals surface area contributed by atoms with Crippen molar-refractivity contribution in [1.82, 2.24) is 34.3 Å². The van der Waals surface area contributed by atoms with Crippen LogP contribution in [-0.2, 0) is 0 Å². The number of pyridine rings is 1. The van der Waals surface area contributed by atoms with Gasteiger partial charge >= 0.3 is 0 Å². The van der Waals surface area contributed by atoms with Crippen LogP contribution in [-0.4, -0.2) is 47.4 Å². The molecule has 0 aliphatic carbocycles. The average Bonchev–Trinajstić information content (AvgIpc) is 3.45. The molecule has 1 aromatic carbocycles. The molecule has 0 radical (unpaired) electrons. The van der Waals surface area contributed by atoms with Gasteiger partial charge in [0.2, 0.25) is 5.95 Å². The molecular weight excluding hydrogens is 392 g/mol. The van der Waals surface area contributed by atoms with Crippen LogP contribution in [0.2, 0.25) is 0 Å². The topological polar surface area (TPSA) is 97.0 Å². The third-order valence-corrected chi connectivity index (χ3v) is 5.85. The summed E-state index contributed by atoms with van der Waals surface area (Å²) in [5.41, 5.74) is 2.08. The van der Waals surface area contributed by atoms with Gasteiger partial charge in [0, 0.05) is 25.2 Å². The molecule has 154 valence electrons. The monoisotopic (exact) mass is 412 g/mol. The number of nitrogens with one attached hydrogen (secondary N) is 1. The molecule has 5 heterocycles. The number of anilines is 1. The molecule has 1 saturated heterocycles. The molecule has 1 fully saturated rings. The summed E-state index contributed by atoms with van der Waals surface area (Å²) in [6, 6.07) is 15.6. The molecule has 4 aromatic heterocycles. The maximum atomic E-state index is 12.8. The van der Waals surface area contributed by atoms with Crippen molar-refractivity contribution in [3.8, 4) is 5.69 Å². The highest BCUT2D eigenvalue weighted by atomic mass is 16.1. The van der Waals surface area contributed by atoms with E-state index in [1.807, 2.05) is 59.1 Å². The first-order valence-electron chi connectivity index (χ1n) is 10.4. The molecule has 1 aliphatic rings. The lowest BCUT2D eigenvalue weighted by Crippen LogP contribution is -2.37. The zero-order valence-electron chi connectivity index (χ0n) is 16.7. The Morgan fingerprint density at radius 2 is 1.90 bits per heavy atom. The minimum atomic E-state index is -0.183. The highest BCUT2D eigenvalue weighted by molar-refractivity contribution is 5.76. The molecule has 0 saturated carbocycles. The van der Waals surface area contributed by atoms with E-state index in [1.165, 1.54) is 0 Å². The highest BCUT2D eigenvalue weighted by Crippen LogP contribution is 2.28. The van der Waals surface area contributed by atoms with Crippen molar-refractivity contribution in [3.63, 3.8) is 0 Å². The van der Waals surface area contributed by atoms with E-state index in [9.17, 15) is 4.79 Å². The summed E-state index contributed by atoms with van der Waals surface area (Å²) >= 11 is 0. The molecule has 9 heteroatoms. The van der Waals surface area contributed by atoms with Crippen LogP contribution >= 0.6 is 0 Å². The Kier molecular flexibility index (Phi) is 4.05. The predicted octanol–water partition coefficient (Wildman–Crippen LogP) is 2.54. The molecule has 0 amide bonds. The van der Waals surface area contributed by atoms with Crippen molar-refractivity contribution in [2.24, 2.45) is 0 Å². The van der Waals surface area contributed by atoms with Gasteiger partial charge in [0.15, 0.2) is 11.3 Å². The van der Waals surface area contributed by atoms with Crippen LogP contribution in [0.4, 0.5) is 5.95 Å². The van der Waals surface area contributed by atoms with Gasteiger partial charge < -0.3 is 4.90 Å². The van der Waals surface area contributed by atoms with Gasteiger partial charge in [-0.2, -0.15) is 10.1 Å². The summed E-state index contributed by atoms with van der Waals surface area (Å²) in [6.45, 7) is 1.53. The van der Waals surface area contributed by atoms with Crippen LogP contribution in [0.15, 0.2) is 65.7 Å². The fourth-order valence-corrected chi connectivity index (χ4v) is 4.33. The Balaban J connectivity index is 1.38. The van der Waals surface area contributed by atoms with Crippen molar-refractivity contribution >= 4 is 22.6 Å². The molecule has 1 unspecified atom stereocenters. The molecule has 31 heavy (non-hydrogen) atoms. The van der Waals surface area contributed by atoms with Gasteiger partial charge in [0.1, 0.15) is 11.2 Å². The van der Waals surface area contributed by atoms with E-state index >= 15 is 0 Å². The van der Waals surface area contributed by atoms with E-state index in [1.54, 1.807) is 10.9 Å². The Morgan fingerprint density at radius 3 is 2.81 bits per heavy atom. The number of rotatable bonds is 3. The molecule has 0 bridgehead atoms. The fourth-order valence-electron chi connectivity index (χ4n) is 4.33. The lowest BCUT2D eigenvalue weighted by atomic mass is 9.97. The summed E-state index contributed by atoms with van der Waals surface area (Å²) < 4.78 is 3.75. The zero-order chi connectivity index (χ0) is 20.8. The van der Waals surface area contributed by atoms with E-state index in [0.717, 1.165) is 36.5 Å². The summed E-state index contributed by atoms with van der Waals surface area (Å²) in [7, 11) is 0. The summed E-state index contributed by atoms with van der Waals surface area (Å²) in [5.74, 6) is 1.71. The lowest BCUT2D eigenvalue weighted by molar-refractivity contribution is 0.483. The van der Waals surface area contributed by atoms with Crippen molar-refractivity contribution in [1.29, 1.82) is 0 Å². The molecule has 6 rings (SSSR count). The van der Waals surface area contributed by atoms with Crippen LogP contribution in [0.1, 0.15) is 24.6 Å². The second-order valence-corrected chi connectivity index (χ2v) is 7.79.